The normalized spacial score (nSPS) is 53.1. The van der Waals surface area contributed by atoms with E-state index < -0.39 is 118 Å². The quantitative estimate of drug-likeness (QED) is 0.102. The first-order valence-corrected chi connectivity index (χ1v) is 34.5. The molecular weight excluding hydrogens is 1180 g/mol. The van der Waals surface area contributed by atoms with Crippen LogP contribution in [0.5, 0.6) is 0 Å². The highest BCUT2D eigenvalue weighted by atomic mass is 16.8. The number of carboxylic acid groups (broad SMARTS) is 4. The SMILES string of the molecule is CC1(C)[C@@H](O)CC[C@]2(C)[C@H]3C(=O)C=C4[C@@H]5C[C@@](C)(C(=O)O)CC[C@]5(C)CC[C@@]4(C)[C@]3(C)CC[C@@H]12.CC1(C)[C@@H](O[C@H]2O[C@H](C(=O)O)[C@@H](O)[C@H](O)[C@H]2O[C@@H]2O[C@H](C(=O)O)[C@@H](O)[C@H](O)[C@H]2O)CC[C@]2(C)[C@H]3C(=O)C=C4[C@@H]5C[C@@](C)(C(=O)O)CC[C@]5(C)CC[C@@]4(C)[C@]3(C)CC[C@@H]12. The van der Waals surface area contributed by atoms with E-state index >= 15 is 0 Å². The van der Waals surface area contributed by atoms with Crippen LogP contribution >= 0.6 is 0 Å². The molecule has 0 aromatic rings. The molecule has 10 aliphatic carbocycles. The molecule has 0 unspecified atom stereocenters. The Labute approximate surface area is 542 Å². The number of carbonyl (C=O) groups excluding carboxylic acids is 2. The van der Waals surface area contributed by atoms with Gasteiger partial charge in [-0.15, -0.1) is 0 Å². The van der Waals surface area contributed by atoms with Crippen molar-refractivity contribution in [2.24, 2.45) is 100 Å². The van der Waals surface area contributed by atoms with E-state index in [9.17, 15) is 79.8 Å². The zero-order chi connectivity index (χ0) is 68.0. The van der Waals surface area contributed by atoms with E-state index in [1.807, 2.05) is 39.8 Å². The average molecular weight is 1290 g/mol. The lowest BCUT2D eigenvalue weighted by Gasteiger charge is -2.70. The number of hydrogen-bond acceptors (Lipinski definition) is 16. The maximum atomic E-state index is 14.8. The van der Waals surface area contributed by atoms with Gasteiger partial charge in [0.1, 0.15) is 36.6 Å². The van der Waals surface area contributed by atoms with Gasteiger partial charge in [-0.25, -0.2) is 9.59 Å². The van der Waals surface area contributed by atoms with Crippen molar-refractivity contribution in [3.8, 4) is 0 Å². The van der Waals surface area contributed by atoms with Gasteiger partial charge in [-0.2, -0.15) is 0 Å². The van der Waals surface area contributed by atoms with Crippen molar-refractivity contribution in [1.29, 1.82) is 0 Å². The second-order valence-corrected chi connectivity index (χ2v) is 35.6. The predicted molar refractivity (Wildman–Crippen MR) is 333 cm³/mol. The first-order chi connectivity index (χ1) is 42.3. The van der Waals surface area contributed by atoms with Gasteiger partial charge in [-0.05, 0) is 219 Å². The lowest BCUT2D eigenvalue weighted by atomic mass is 9.33. The van der Waals surface area contributed by atoms with Gasteiger partial charge in [0.15, 0.2) is 36.4 Å². The van der Waals surface area contributed by atoms with Crippen LogP contribution in [-0.2, 0) is 47.7 Å². The molecule has 2 heterocycles. The molecule has 2 aliphatic heterocycles. The van der Waals surface area contributed by atoms with Crippen LogP contribution in [0.1, 0.15) is 213 Å². The van der Waals surface area contributed by atoms with Crippen LogP contribution in [0.4, 0.5) is 0 Å². The van der Waals surface area contributed by atoms with Gasteiger partial charge in [-0.3, -0.25) is 19.2 Å². The zero-order valence-corrected chi connectivity index (χ0v) is 56.8. The second-order valence-electron chi connectivity index (χ2n) is 35.6. The fourth-order valence-electron chi connectivity index (χ4n) is 23.7. The standard InChI is InChI=1S/C42H62O16.C30H46O4/c1-37(2)21-8-11-42(7)31(20(43)16-18-19-17-39(4,36(53)54)13-12-38(19,3)14-15-41(18,42)6)40(21,5)10-9-22(37)55-35-30(26(47)25(46)29(57-35)33(51)52)58-34-27(48)23(44)24(45)28(56-34)32(49)50;1-25(2)21-8-11-30(7)23(28(21,5)10-9-22(25)32)20(31)16-18-19-17-27(4,24(33)34)13-12-26(19,3)14-15-29(18,30)6/h16,19,21-31,34-35,44-48H,8-15,17H2,1-7H3,(H,49,50)(H,51,52)(H,53,54);16,19,21-23,32H,8-15,17H2,1-7H3,(H,33,34)/t19-,21-,22-,23-,24-,25-,26-,27+,28-,29-,30+,31+,34-,35-,38+,39-,40-,41+,42+;19-,21-,22-,23+,26+,27-,28-,29+,30+/m00/s1. The molecule has 0 aromatic carbocycles. The molecule has 20 heteroatoms. The molecule has 10 fully saturated rings. The fraction of sp³-hybridized carbons (Fsp3) is 0.861. The van der Waals surface area contributed by atoms with Crippen LogP contribution in [0, 0.1) is 100 Å². The summed E-state index contributed by atoms with van der Waals surface area (Å²) in [6, 6.07) is 0. The number of aliphatic carboxylic acids is 4. The number of fused-ring (bicyclic) bond motifs is 14. The van der Waals surface area contributed by atoms with Crippen LogP contribution in [0.3, 0.4) is 0 Å². The Bertz CT molecular complexity index is 3080. The lowest BCUT2D eigenvalue weighted by Crippen LogP contribution is -2.68. The number of rotatable bonds is 8. The van der Waals surface area contributed by atoms with E-state index in [4.69, 9.17) is 18.9 Å². The summed E-state index contributed by atoms with van der Waals surface area (Å²) in [7, 11) is 0. The minimum absolute atomic E-state index is 0.0217. The van der Waals surface area contributed by atoms with E-state index in [1.54, 1.807) is 0 Å². The van der Waals surface area contributed by atoms with Crippen molar-refractivity contribution in [2.75, 3.05) is 0 Å². The van der Waals surface area contributed by atoms with Gasteiger partial charge in [0, 0.05) is 11.8 Å². The van der Waals surface area contributed by atoms with Crippen molar-refractivity contribution in [1.82, 2.24) is 0 Å². The monoisotopic (exact) mass is 1290 g/mol. The number of hydrogen-bond donors (Lipinski definition) is 10. The summed E-state index contributed by atoms with van der Waals surface area (Å²) in [5, 5.41) is 104. The third-order valence-electron chi connectivity index (χ3n) is 30.3. The number of aliphatic hydroxyl groups excluding tert-OH is 6. The molecule has 0 bridgehead atoms. The molecule has 20 nitrogen and oxygen atoms in total. The predicted octanol–water partition coefficient (Wildman–Crippen LogP) is 8.66. The van der Waals surface area contributed by atoms with Crippen LogP contribution in [-0.4, -0.2) is 160 Å². The number of carboxylic acids is 4. The Balaban J connectivity index is 0.000000216. The summed E-state index contributed by atoms with van der Waals surface area (Å²) >= 11 is 0. The van der Waals surface area contributed by atoms with Gasteiger partial charge in [0.25, 0.3) is 0 Å². The van der Waals surface area contributed by atoms with Crippen molar-refractivity contribution >= 4 is 35.4 Å². The van der Waals surface area contributed by atoms with Gasteiger partial charge in [0.05, 0.1) is 23.0 Å². The Hall–Kier alpha value is -3.70. The molecule has 0 radical (unpaired) electrons. The minimum atomic E-state index is -2.05. The van der Waals surface area contributed by atoms with E-state index in [2.05, 4.69) is 69.2 Å². The highest BCUT2D eigenvalue weighted by Gasteiger charge is 2.73. The number of ketones is 2. The van der Waals surface area contributed by atoms with Gasteiger partial charge in [0.2, 0.25) is 0 Å². The molecule has 12 aliphatic rings. The summed E-state index contributed by atoms with van der Waals surface area (Å²) < 4.78 is 23.4. The smallest absolute Gasteiger partial charge is 0.335 e. The number of allylic oxidation sites excluding steroid dienone is 4. The highest BCUT2D eigenvalue weighted by molar-refractivity contribution is 5.96. The summed E-state index contributed by atoms with van der Waals surface area (Å²) in [4.78, 5) is 77.7. The fourth-order valence-corrected chi connectivity index (χ4v) is 23.7. The summed E-state index contributed by atoms with van der Waals surface area (Å²) in [5.74, 6) is -4.41. The summed E-state index contributed by atoms with van der Waals surface area (Å²) in [5.41, 5.74) is -1.67. The van der Waals surface area contributed by atoms with E-state index in [0.29, 0.717) is 38.0 Å². The van der Waals surface area contributed by atoms with Crippen molar-refractivity contribution < 1.29 is 98.8 Å². The number of carbonyl (C=O) groups is 6. The largest absolute Gasteiger partial charge is 0.481 e. The van der Waals surface area contributed by atoms with Crippen molar-refractivity contribution in [3.63, 3.8) is 0 Å². The Kier molecular flexibility index (Phi) is 17.0. The first kappa shape index (κ1) is 69.6. The topological polar surface area (TPSA) is 342 Å². The third kappa shape index (κ3) is 9.86. The number of aliphatic hydroxyl groups is 6. The molecule has 92 heavy (non-hydrogen) atoms. The van der Waals surface area contributed by atoms with Crippen molar-refractivity contribution in [3.05, 3.63) is 23.3 Å². The zero-order valence-electron chi connectivity index (χ0n) is 56.8. The Morgan fingerprint density at radius 1 is 0.446 bits per heavy atom. The molecule has 516 valence electrons. The molecule has 12 rings (SSSR count). The van der Waals surface area contributed by atoms with Crippen LogP contribution in [0.15, 0.2) is 23.3 Å². The average Bonchev–Trinajstić information content (AvgIpc) is 0.680. The molecule has 28 atom stereocenters. The van der Waals surface area contributed by atoms with E-state index in [-0.39, 0.29) is 85.2 Å². The lowest BCUT2D eigenvalue weighted by molar-refractivity contribution is -0.371. The van der Waals surface area contributed by atoms with Crippen LogP contribution in [0.2, 0.25) is 0 Å². The number of ether oxygens (including phenoxy) is 4. The molecule has 0 spiro atoms. The van der Waals surface area contributed by atoms with Crippen LogP contribution < -0.4 is 0 Å². The van der Waals surface area contributed by atoms with Gasteiger partial charge in [-0.1, -0.05) is 94.2 Å². The van der Waals surface area contributed by atoms with Crippen LogP contribution in [0.25, 0.3) is 0 Å². The molecule has 0 aromatic heterocycles. The van der Waals surface area contributed by atoms with Crippen molar-refractivity contribution in [2.45, 2.75) is 286 Å². The maximum absolute atomic E-state index is 14.8. The Morgan fingerprint density at radius 2 is 0.848 bits per heavy atom. The second kappa shape index (κ2) is 22.4. The first-order valence-electron chi connectivity index (χ1n) is 34.5. The van der Waals surface area contributed by atoms with Gasteiger partial charge < -0.3 is 70.0 Å². The maximum Gasteiger partial charge on any atom is 0.335 e. The van der Waals surface area contributed by atoms with Gasteiger partial charge >= 0.3 is 23.9 Å². The molecule has 0 amide bonds. The summed E-state index contributed by atoms with van der Waals surface area (Å²) in [6.45, 7) is 30.7. The minimum Gasteiger partial charge on any atom is -0.481 e. The molecule has 2 saturated heterocycles. The van der Waals surface area contributed by atoms with E-state index in [1.165, 1.54) is 5.57 Å². The molecular formula is C72H108O20. The Morgan fingerprint density at radius 3 is 1.28 bits per heavy atom. The highest BCUT2D eigenvalue weighted by Crippen LogP contribution is 2.78. The third-order valence-corrected chi connectivity index (χ3v) is 30.3. The van der Waals surface area contributed by atoms with E-state index in [0.717, 1.165) is 89.0 Å². The molecule has 8 saturated carbocycles. The molecule has 10 N–H and O–H groups in total. The summed E-state index contributed by atoms with van der Waals surface area (Å²) in [6.07, 6.45) is -2.29.